The van der Waals surface area contributed by atoms with Gasteiger partial charge in [0.05, 0.1) is 24.3 Å². The molecule has 0 aliphatic carbocycles. The number of benzene rings is 3. The minimum Gasteiger partial charge on any atom is -0.493 e. The first kappa shape index (κ1) is 27.2. The Morgan fingerprint density at radius 3 is 2.14 bits per heavy atom. The minimum atomic E-state index is -0.535. The Hall–Kier alpha value is -4.37. The van der Waals surface area contributed by atoms with E-state index >= 15 is 0 Å². The Morgan fingerprint density at radius 1 is 0.811 bits per heavy atom. The number of rotatable bonds is 14. The number of ether oxygens (including phenoxy) is 3. The second-order valence-corrected chi connectivity index (χ2v) is 8.44. The van der Waals surface area contributed by atoms with Crippen LogP contribution in [0.2, 0.25) is 0 Å². The molecule has 0 saturated heterocycles. The maximum atomic E-state index is 12.7. The smallest absolute Gasteiger partial charge is 0.343 e. The highest BCUT2D eigenvalue weighted by Gasteiger charge is 2.13. The number of esters is 2. The predicted molar refractivity (Wildman–Crippen MR) is 142 cm³/mol. The van der Waals surface area contributed by atoms with Crippen molar-refractivity contribution < 1.29 is 23.8 Å². The van der Waals surface area contributed by atoms with Crippen LogP contribution in [0.25, 0.3) is 11.1 Å². The summed E-state index contributed by atoms with van der Waals surface area (Å²) < 4.78 is 16.3. The van der Waals surface area contributed by atoms with Crippen LogP contribution in [-0.4, -0.2) is 25.2 Å². The lowest BCUT2D eigenvalue weighted by Crippen LogP contribution is -2.09. The van der Waals surface area contributed by atoms with Crippen LogP contribution < -0.4 is 9.47 Å². The largest absolute Gasteiger partial charge is 0.493 e. The molecule has 6 nitrogen and oxygen atoms in total. The van der Waals surface area contributed by atoms with E-state index in [1.54, 1.807) is 30.3 Å². The summed E-state index contributed by atoms with van der Waals surface area (Å²) in [5, 5.41) is 9.43. The number of nitrogens with zero attached hydrogens (tertiary/aromatic N) is 1. The summed E-state index contributed by atoms with van der Waals surface area (Å²) in [7, 11) is 0. The lowest BCUT2D eigenvalue weighted by atomic mass is 10.0. The van der Waals surface area contributed by atoms with Crippen LogP contribution in [0.3, 0.4) is 0 Å². The number of hydrogen-bond acceptors (Lipinski definition) is 6. The molecule has 6 heteroatoms. The van der Waals surface area contributed by atoms with E-state index in [9.17, 15) is 14.9 Å². The summed E-state index contributed by atoms with van der Waals surface area (Å²) in [5.41, 5.74) is 2.72. The number of nitriles is 1. The van der Waals surface area contributed by atoms with Crippen molar-refractivity contribution >= 4 is 11.9 Å². The Bertz CT molecular complexity index is 1210. The van der Waals surface area contributed by atoms with Gasteiger partial charge in [-0.3, -0.25) is 0 Å². The fourth-order valence-corrected chi connectivity index (χ4v) is 3.69. The molecule has 0 aliphatic rings. The summed E-state index contributed by atoms with van der Waals surface area (Å²) in [5.74, 6) is -0.192. The molecule has 3 rings (SSSR count). The van der Waals surface area contributed by atoms with Crippen molar-refractivity contribution in [1.82, 2.24) is 0 Å². The molecule has 3 aromatic carbocycles. The summed E-state index contributed by atoms with van der Waals surface area (Å²) in [6.07, 6.45) is 7.06. The second kappa shape index (κ2) is 14.9. The number of hydrogen-bond donors (Lipinski definition) is 0. The lowest BCUT2D eigenvalue weighted by molar-refractivity contribution is -0.137. The van der Waals surface area contributed by atoms with Crippen molar-refractivity contribution in [1.29, 1.82) is 5.26 Å². The summed E-state index contributed by atoms with van der Waals surface area (Å²) in [6, 6.07) is 24.0. The highest BCUT2D eigenvalue weighted by Crippen LogP contribution is 2.26. The number of carbonyl (C=O) groups is 2. The molecule has 0 radical (unpaired) electrons. The topological polar surface area (TPSA) is 85.6 Å². The van der Waals surface area contributed by atoms with Crippen LogP contribution in [0, 0.1) is 11.3 Å². The van der Waals surface area contributed by atoms with Gasteiger partial charge in [-0.15, -0.1) is 0 Å². The molecule has 0 unspecified atom stereocenters. The van der Waals surface area contributed by atoms with Gasteiger partial charge >= 0.3 is 11.9 Å². The molecule has 0 amide bonds. The first-order valence-electron chi connectivity index (χ1n) is 12.4. The molecular formula is C31H31NO5. The van der Waals surface area contributed by atoms with Crippen LogP contribution in [0.15, 0.2) is 85.5 Å². The molecule has 0 saturated carbocycles. The molecule has 0 bridgehead atoms. The highest BCUT2D eigenvalue weighted by molar-refractivity contribution is 5.92. The third-order valence-electron chi connectivity index (χ3n) is 5.72. The van der Waals surface area contributed by atoms with Gasteiger partial charge in [-0.1, -0.05) is 74.7 Å². The van der Waals surface area contributed by atoms with E-state index in [2.05, 4.69) is 12.6 Å². The van der Waals surface area contributed by atoms with E-state index in [4.69, 9.17) is 14.2 Å². The van der Waals surface area contributed by atoms with Gasteiger partial charge in [0.1, 0.15) is 11.8 Å². The zero-order valence-electron chi connectivity index (χ0n) is 20.9. The van der Waals surface area contributed by atoms with E-state index in [1.165, 1.54) is 6.08 Å². The quantitative estimate of drug-likeness (QED) is 0.104. The Morgan fingerprint density at radius 2 is 1.46 bits per heavy atom. The molecule has 0 heterocycles. The van der Waals surface area contributed by atoms with Gasteiger partial charge in [-0.2, -0.15) is 5.26 Å². The van der Waals surface area contributed by atoms with Crippen molar-refractivity contribution in [3.8, 4) is 28.7 Å². The van der Waals surface area contributed by atoms with Gasteiger partial charge in [0, 0.05) is 12.1 Å². The minimum absolute atomic E-state index is 0.175. The zero-order chi connectivity index (χ0) is 26.3. The van der Waals surface area contributed by atoms with E-state index in [0.29, 0.717) is 24.5 Å². The van der Waals surface area contributed by atoms with Crippen molar-refractivity contribution in [2.24, 2.45) is 0 Å². The van der Waals surface area contributed by atoms with E-state index in [-0.39, 0.29) is 17.3 Å². The van der Waals surface area contributed by atoms with E-state index in [0.717, 1.165) is 49.7 Å². The molecular weight excluding hydrogens is 466 g/mol. The average Bonchev–Trinajstić information content (AvgIpc) is 2.94. The second-order valence-electron chi connectivity index (χ2n) is 8.44. The van der Waals surface area contributed by atoms with Gasteiger partial charge < -0.3 is 14.2 Å². The Labute approximate surface area is 218 Å². The average molecular weight is 498 g/mol. The van der Waals surface area contributed by atoms with Gasteiger partial charge in [0.15, 0.2) is 5.75 Å². The summed E-state index contributed by atoms with van der Waals surface area (Å²) >= 11 is 0. The van der Waals surface area contributed by atoms with Crippen LogP contribution in [-0.2, 0) is 9.53 Å². The molecule has 0 spiro atoms. The van der Waals surface area contributed by atoms with Crippen molar-refractivity contribution in [3.05, 3.63) is 96.6 Å². The fraction of sp³-hybridized carbons (Fsp3) is 0.258. The third kappa shape index (κ3) is 8.97. The molecule has 0 N–H and O–H groups in total. The molecule has 0 atom stereocenters. The van der Waals surface area contributed by atoms with Crippen molar-refractivity contribution in [2.75, 3.05) is 13.2 Å². The lowest BCUT2D eigenvalue weighted by Gasteiger charge is -2.10. The molecule has 190 valence electrons. The number of carbonyl (C=O) groups excluding carboxylic acids is 2. The Balaban J connectivity index is 1.44. The van der Waals surface area contributed by atoms with Gasteiger partial charge in [-0.05, 0) is 48.2 Å². The summed E-state index contributed by atoms with van der Waals surface area (Å²) in [4.78, 5) is 23.7. The first-order valence-corrected chi connectivity index (χ1v) is 12.4. The summed E-state index contributed by atoms with van der Waals surface area (Å²) in [6.45, 7) is 4.32. The highest BCUT2D eigenvalue weighted by atomic mass is 16.5. The van der Waals surface area contributed by atoms with Gasteiger partial charge in [0.25, 0.3) is 0 Å². The molecule has 0 aromatic heterocycles. The van der Waals surface area contributed by atoms with Crippen LogP contribution in [0.4, 0.5) is 0 Å². The van der Waals surface area contributed by atoms with E-state index < -0.39 is 5.97 Å². The fourth-order valence-electron chi connectivity index (χ4n) is 3.69. The molecule has 0 fully saturated rings. The zero-order valence-corrected chi connectivity index (χ0v) is 20.9. The maximum absolute atomic E-state index is 12.7. The number of unbranched alkanes of at least 4 members (excludes halogenated alkanes) is 5. The predicted octanol–water partition coefficient (Wildman–Crippen LogP) is 6.89. The van der Waals surface area contributed by atoms with Gasteiger partial charge in [-0.25, -0.2) is 9.59 Å². The molecule has 0 aliphatic heterocycles. The molecule has 3 aromatic rings. The molecule has 37 heavy (non-hydrogen) atoms. The first-order chi connectivity index (χ1) is 18.1. The monoisotopic (exact) mass is 497 g/mol. The standard InChI is InChI=1S/C31H31NO5/c1-2-30(33)36-21-11-6-4-3-5-10-20-35-28-19-18-27(23-32)29(22-28)37-31(34)26-16-14-25(15-17-26)24-12-8-7-9-13-24/h2,7-9,12-19,22H,1,3-6,10-11,20-21H2. The normalized spacial score (nSPS) is 10.2. The van der Waals surface area contributed by atoms with Crippen LogP contribution in [0.5, 0.6) is 11.5 Å². The van der Waals surface area contributed by atoms with Gasteiger partial charge in [0.2, 0.25) is 0 Å². The van der Waals surface area contributed by atoms with Crippen molar-refractivity contribution in [3.63, 3.8) is 0 Å². The van der Waals surface area contributed by atoms with Crippen molar-refractivity contribution in [2.45, 2.75) is 38.5 Å². The SMILES string of the molecule is C=CC(=O)OCCCCCCCCOc1ccc(C#N)c(OC(=O)c2ccc(-c3ccccc3)cc2)c1. The van der Waals surface area contributed by atoms with Crippen LogP contribution >= 0.6 is 0 Å². The van der Waals surface area contributed by atoms with Crippen LogP contribution in [0.1, 0.15) is 54.4 Å². The maximum Gasteiger partial charge on any atom is 0.343 e. The van der Waals surface area contributed by atoms with E-state index in [1.807, 2.05) is 42.5 Å². The third-order valence-corrected chi connectivity index (χ3v) is 5.72. The Kier molecular flexibility index (Phi) is 11.0.